The molecule has 4 nitrogen and oxygen atoms in total. The first-order valence-electron chi connectivity index (χ1n) is 6.56. The Balaban J connectivity index is 2.10. The summed E-state index contributed by atoms with van der Waals surface area (Å²) in [5, 5.41) is 7.10. The highest BCUT2D eigenvalue weighted by Crippen LogP contribution is 2.29. The number of hydrogen-bond acceptors (Lipinski definition) is 3. The molecular formula is C14H17F3N4. The molecule has 0 bridgehead atoms. The third-order valence-electron chi connectivity index (χ3n) is 3.38. The Bertz CT molecular complexity index is 592. The van der Waals surface area contributed by atoms with Crippen LogP contribution < -0.4 is 5.32 Å². The second kappa shape index (κ2) is 6.26. The summed E-state index contributed by atoms with van der Waals surface area (Å²) in [5.74, 6) is 0.793. The zero-order chi connectivity index (χ0) is 15.5. The number of aryl methyl sites for hydroxylation is 1. The molecule has 0 aliphatic carbocycles. The summed E-state index contributed by atoms with van der Waals surface area (Å²) in [6.45, 7) is 0. The number of likely N-dealkylation sites (N-methyl/N-ethyl adjacent to an activating group) is 1. The van der Waals surface area contributed by atoms with Crippen molar-refractivity contribution in [1.82, 2.24) is 20.1 Å². The van der Waals surface area contributed by atoms with Gasteiger partial charge in [0.1, 0.15) is 12.2 Å². The molecule has 7 heteroatoms. The molecule has 0 spiro atoms. The van der Waals surface area contributed by atoms with E-state index < -0.39 is 11.7 Å². The van der Waals surface area contributed by atoms with Crippen LogP contribution in [-0.2, 0) is 26.1 Å². The van der Waals surface area contributed by atoms with Gasteiger partial charge in [0.2, 0.25) is 0 Å². The number of halogens is 3. The first-order chi connectivity index (χ1) is 9.90. The van der Waals surface area contributed by atoms with E-state index in [0.717, 1.165) is 11.9 Å². The zero-order valence-corrected chi connectivity index (χ0v) is 11.9. The second-order valence-corrected chi connectivity index (χ2v) is 4.89. The molecule has 2 aromatic rings. The molecule has 1 atom stereocenters. The van der Waals surface area contributed by atoms with Gasteiger partial charge < -0.3 is 5.32 Å². The quantitative estimate of drug-likeness (QED) is 0.920. The van der Waals surface area contributed by atoms with Gasteiger partial charge in [-0.1, -0.05) is 18.2 Å². The summed E-state index contributed by atoms with van der Waals surface area (Å²) in [4.78, 5) is 4.13. The van der Waals surface area contributed by atoms with Crippen molar-refractivity contribution in [2.75, 3.05) is 7.05 Å². The van der Waals surface area contributed by atoms with Crippen molar-refractivity contribution in [2.24, 2.45) is 7.05 Å². The molecule has 0 saturated heterocycles. The van der Waals surface area contributed by atoms with Gasteiger partial charge in [0.05, 0.1) is 5.56 Å². The lowest BCUT2D eigenvalue weighted by Crippen LogP contribution is -2.31. The Hall–Kier alpha value is -1.89. The fraction of sp³-hybridized carbons (Fsp3) is 0.429. The Labute approximate surface area is 121 Å². The van der Waals surface area contributed by atoms with Crippen LogP contribution in [0.4, 0.5) is 13.2 Å². The van der Waals surface area contributed by atoms with Crippen LogP contribution in [0.3, 0.4) is 0 Å². The smallest absolute Gasteiger partial charge is 0.316 e. The molecule has 21 heavy (non-hydrogen) atoms. The highest BCUT2D eigenvalue weighted by Gasteiger charge is 2.30. The number of benzene rings is 1. The lowest BCUT2D eigenvalue weighted by atomic mass is 10.0. The average Bonchev–Trinajstić information content (AvgIpc) is 2.83. The van der Waals surface area contributed by atoms with Crippen LogP contribution in [0, 0.1) is 0 Å². The predicted molar refractivity (Wildman–Crippen MR) is 72.7 cm³/mol. The van der Waals surface area contributed by atoms with E-state index in [4.69, 9.17) is 0 Å². The highest BCUT2D eigenvalue weighted by molar-refractivity contribution is 5.26. The minimum atomic E-state index is -4.31. The van der Waals surface area contributed by atoms with Gasteiger partial charge in [-0.05, 0) is 25.1 Å². The van der Waals surface area contributed by atoms with Gasteiger partial charge in [-0.15, -0.1) is 0 Å². The third-order valence-corrected chi connectivity index (χ3v) is 3.38. The SMILES string of the molecule is CNC(Cc1cccc(C(F)(F)F)c1)Cc1ncnn1C. The summed E-state index contributed by atoms with van der Waals surface area (Å²) in [6, 6.07) is 5.42. The lowest BCUT2D eigenvalue weighted by Gasteiger charge is -2.16. The fourth-order valence-electron chi connectivity index (χ4n) is 2.16. The number of aromatic nitrogens is 3. The van der Waals surface area contributed by atoms with E-state index in [0.29, 0.717) is 18.4 Å². The van der Waals surface area contributed by atoms with Gasteiger partial charge in [0.25, 0.3) is 0 Å². The Morgan fingerprint density at radius 2 is 2.05 bits per heavy atom. The largest absolute Gasteiger partial charge is 0.416 e. The van der Waals surface area contributed by atoms with Crippen LogP contribution >= 0.6 is 0 Å². The maximum absolute atomic E-state index is 12.7. The number of nitrogens with one attached hydrogen (secondary N) is 1. The van der Waals surface area contributed by atoms with Crippen molar-refractivity contribution < 1.29 is 13.2 Å². The normalized spacial score (nSPS) is 13.4. The van der Waals surface area contributed by atoms with E-state index in [9.17, 15) is 13.2 Å². The van der Waals surface area contributed by atoms with E-state index in [1.54, 1.807) is 24.8 Å². The molecule has 0 amide bonds. The molecule has 0 aliphatic heterocycles. The molecule has 1 aromatic carbocycles. The predicted octanol–water partition coefficient (Wildman–Crippen LogP) is 2.21. The summed E-state index contributed by atoms with van der Waals surface area (Å²) in [6.07, 6.45) is -1.75. The highest BCUT2D eigenvalue weighted by atomic mass is 19.4. The van der Waals surface area contributed by atoms with Gasteiger partial charge in [0, 0.05) is 19.5 Å². The van der Waals surface area contributed by atoms with Crippen LogP contribution in [0.15, 0.2) is 30.6 Å². The third kappa shape index (κ3) is 4.04. The van der Waals surface area contributed by atoms with Crippen LogP contribution in [0.2, 0.25) is 0 Å². The Kier molecular flexibility index (Phi) is 4.62. The minimum absolute atomic E-state index is 0.00335. The number of nitrogens with zero attached hydrogens (tertiary/aromatic N) is 3. The topological polar surface area (TPSA) is 42.7 Å². The Morgan fingerprint density at radius 1 is 1.29 bits per heavy atom. The monoisotopic (exact) mass is 298 g/mol. The van der Waals surface area contributed by atoms with Crippen LogP contribution in [0.1, 0.15) is 17.0 Å². The van der Waals surface area contributed by atoms with Gasteiger partial charge in [-0.3, -0.25) is 4.68 Å². The van der Waals surface area contributed by atoms with E-state index in [2.05, 4.69) is 15.4 Å². The van der Waals surface area contributed by atoms with Crippen molar-refractivity contribution in [1.29, 1.82) is 0 Å². The van der Waals surface area contributed by atoms with Crippen molar-refractivity contribution >= 4 is 0 Å². The summed E-state index contributed by atoms with van der Waals surface area (Å²) in [5.41, 5.74) is 0.0276. The van der Waals surface area contributed by atoms with E-state index >= 15 is 0 Å². The first-order valence-corrected chi connectivity index (χ1v) is 6.56. The van der Waals surface area contributed by atoms with Crippen molar-refractivity contribution in [3.8, 4) is 0 Å². The van der Waals surface area contributed by atoms with Gasteiger partial charge in [-0.2, -0.15) is 18.3 Å². The summed E-state index contributed by atoms with van der Waals surface area (Å²) < 4.78 is 39.8. The zero-order valence-electron chi connectivity index (χ0n) is 11.9. The molecule has 0 aliphatic rings. The van der Waals surface area contributed by atoms with Gasteiger partial charge in [-0.25, -0.2) is 4.98 Å². The van der Waals surface area contributed by atoms with Crippen LogP contribution in [0.25, 0.3) is 0 Å². The molecule has 1 aromatic heterocycles. The maximum atomic E-state index is 12.7. The molecule has 0 saturated carbocycles. The molecule has 0 radical (unpaired) electrons. The lowest BCUT2D eigenvalue weighted by molar-refractivity contribution is -0.137. The van der Waals surface area contributed by atoms with Crippen LogP contribution in [-0.4, -0.2) is 27.9 Å². The molecule has 1 N–H and O–H groups in total. The van der Waals surface area contributed by atoms with E-state index in [1.807, 2.05) is 0 Å². The van der Waals surface area contributed by atoms with Crippen molar-refractivity contribution in [2.45, 2.75) is 25.1 Å². The molecular weight excluding hydrogens is 281 g/mol. The molecule has 0 fully saturated rings. The maximum Gasteiger partial charge on any atom is 0.416 e. The van der Waals surface area contributed by atoms with Gasteiger partial charge in [0.15, 0.2) is 0 Å². The van der Waals surface area contributed by atoms with E-state index in [1.165, 1.54) is 18.5 Å². The molecule has 2 rings (SSSR count). The van der Waals surface area contributed by atoms with Crippen LogP contribution in [0.5, 0.6) is 0 Å². The van der Waals surface area contributed by atoms with Crippen molar-refractivity contribution in [3.05, 3.63) is 47.5 Å². The number of hydrogen-bond donors (Lipinski definition) is 1. The minimum Gasteiger partial charge on any atom is -0.316 e. The summed E-state index contributed by atoms with van der Waals surface area (Å²) >= 11 is 0. The van der Waals surface area contributed by atoms with Gasteiger partial charge >= 0.3 is 6.18 Å². The molecule has 114 valence electrons. The first kappa shape index (κ1) is 15.5. The molecule has 1 heterocycles. The number of rotatable bonds is 5. The van der Waals surface area contributed by atoms with E-state index in [-0.39, 0.29) is 6.04 Å². The average molecular weight is 298 g/mol. The fourth-order valence-corrected chi connectivity index (χ4v) is 2.16. The number of alkyl halides is 3. The Morgan fingerprint density at radius 3 is 2.62 bits per heavy atom. The summed E-state index contributed by atoms with van der Waals surface area (Å²) in [7, 11) is 3.58. The second-order valence-electron chi connectivity index (χ2n) is 4.89. The molecule has 1 unspecified atom stereocenters. The van der Waals surface area contributed by atoms with Crippen molar-refractivity contribution in [3.63, 3.8) is 0 Å². The standard InChI is InChI=1S/C14H17F3N4/c1-18-12(8-13-19-9-20-21(13)2)7-10-4-3-5-11(6-10)14(15,16)17/h3-6,9,12,18H,7-8H2,1-2H3.